The van der Waals surface area contributed by atoms with Gasteiger partial charge in [0.1, 0.15) is 35.7 Å². The number of nitrogens with one attached hydrogen (secondary N) is 8. The topological polar surface area (TPSA) is 298 Å². The van der Waals surface area contributed by atoms with Gasteiger partial charge in [-0.15, -0.1) is 0 Å². The van der Waals surface area contributed by atoms with Crippen molar-refractivity contribution in [3.63, 3.8) is 0 Å². The van der Waals surface area contributed by atoms with Crippen LogP contribution in [0, 0.1) is 11.8 Å². The number of nitrogens with zero attached hydrogens (tertiary/aromatic N) is 4. The molecule has 6 heterocycles. The number of likely N-dealkylation sites (N-methyl/N-ethyl adjacent to an activating group) is 2. The Morgan fingerprint density at radius 1 is 0.488 bits per heavy atom. The fourth-order valence-electron chi connectivity index (χ4n) is 12.7. The van der Waals surface area contributed by atoms with Crippen LogP contribution in [0.1, 0.15) is 123 Å². The zero-order valence-electron chi connectivity index (χ0n) is 49.9. The molecule has 0 radical (unpaired) electrons. The van der Waals surface area contributed by atoms with E-state index in [4.69, 9.17) is 9.47 Å². The van der Waals surface area contributed by atoms with Crippen LogP contribution in [0.5, 0.6) is 11.5 Å². The van der Waals surface area contributed by atoms with Crippen LogP contribution >= 0.6 is 0 Å². The van der Waals surface area contributed by atoms with E-state index in [0.29, 0.717) is 89.4 Å². The highest BCUT2D eigenvalue weighted by atomic mass is 16.5. The van der Waals surface area contributed by atoms with Gasteiger partial charge >= 0.3 is 0 Å². The van der Waals surface area contributed by atoms with Gasteiger partial charge in [0.2, 0.25) is 47.3 Å². The average Bonchev–Trinajstić information content (AvgIpc) is 3.23. The van der Waals surface area contributed by atoms with Gasteiger partial charge < -0.3 is 71.6 Å². The molecule has 0 aliphatic carbocycles. The second kappa shape index (κ2) is 27.9. The van der Waals surface area contributed by atoms with Crippen LogP contribution in [0.15, 0.2) is 72.8 Å². The molecule has 0 saturated carbocycles. The Morgan fingerprint density at radius 2 is 0.849 bits per heavy atom. The Morgan fingerprint density at radius 3 is 1.20 bits per heavy atom. The Hall–Kier alpha value is -8.12. The van der Waals surface area contributed by atoms with Gasteiger partial charge in [0, 0.05) is 100 Å². The molecule has 8 N–H and O–H groups in total. The van der Waals surface area contributed by atoms with Gasteiger partial charge in [-0.05, 0) is 115 Å². The SMILES string of the molecule is CN[C@@H](C)C(=O)N[C@H](C(=O)N1C[C@@H](NC(=O)c2ccc(C(=O)N[C@H]3C[C@@H](C(=O)N[C@@H]4CCOc5ccccc54)N(C(=O)[C@@H](NC(=O)[C@H](C)NC)C4CCN(C(C)=O)CC4)C3)cc2)C[C@H]1C(=O)N[C@@H]1CCOc2ccccc21)C1CCN(C(C)=O)CC1. The number of rotatable bonds is 18. The van der Waals surface area contributed by atoms with Crippen LogP contribution in [0.4, 0.5) is 0 Å². The molecule has 3 aromatic rings. The van der Waals surface area contributed by atoms with Gasteiger partial charge in [0.15, 0.2) is 0 Å². The summed E-state index contributed by atoms with van der Waals surface area (Å²) in [7, 11) is 3.27. The lowest BCUT2D eigenvalue weighted by Gasteiger charge is -2.38. The van der Waals surface area contributed by atoms with Gasteiger partial charge in [-0.3, -0.25) is 47.9 Å². The van der Waals surface area contributed by atoms with Gasteiger partial charge in [-0.2, -0.15) is 0 Å². The van der Waals surface area contributed by atoms with Crippen molar-refractivity contribution in [2.75, 3.05) is 66.6 Å². The van der Waals surface area contributed by atoms with E-state index in [-0.39, 0.29) is 60.7 Å². The van der Waals surface area contributed by atoms with E-state index >= 15 is 9.59 Å². The molecule has 6 aliphatic heterocycles. The van der Waals surface area contributed by atoms with Crippen molar-refractivity contribution in [1.82, 2.24) is 62.1 Å². The highest BCUT2D eigenvalue weighted by molar-refractivity contribution is 5.99. The van der Waals surface area contributed by atoms with Crippen molar-refractivity contribution in [2.24, 2.45) is 11.8 Å². The Kier molecular flexibility index (Phi) is 20.3. The number of amides is 10. The number of benzene rings is 3. The molecule has 0 unspecified atom stereocenters. The molecule has 462 valence electrons. The summed E-state index contributed by atoms with van der Waals surface area (Å²) < 4.78 is 11.7. The van der Waals surface area contributed by atoms with Gasteiger partial charge in [-0.1, -0.05) is 36.4 Å². The van der Waals surface area contributed by atoms with Crippen LogP contribution in [-0.2, 0) is 38.4 Å². The second-order valence-corrected chi connectivity index (χ2v) is 23.6. The van der Waals surface area contributed by atoms with E-state index in [9.17, 15) is 38.4 Å². The number of carbonyl (C=O) groups excluding carboxylic acids is 10. The molecule has 9 rings (SSSR count). The fourth-order valence-corrected chi connectivity index (χ4v) is 12.7. The number of piperidine rings is 2. The van der Waals surface area contributed by atoms with Gasteiger partial charge in [0.25, 0.3) is 11.8 Å². The van der Waals surface area contributed by atoms with E-state index in [2.05, 4.69) is 42.5 Å². The van der Waals surface area contributed by atoms with Crippen LogP contribution < -0.4 is 52.0 Å². The monoisotopic (exact) mass is 1190 g/mol. The Labute approximate surface area is 501 Å². The average molecular weight is 1190 g/mol. The van der Waals surface area contributed by atoms with E-state index < -0.39 is 108 Å². The summed E-state index contributed by atoms with van der Waals surface area (Å²) >= 11 is 0. The fraction of sp³-hybridized carbons (Fsp3) is 0.548. The molecular weight excluding hydrogens is 1100 g/mol. The third kappa shape index (κ3) is 14.4. The standard InChI is InChI=1S/C62H82N12O12/c1-35(63-5)55(77)69-53(39-19-25-71(26-20-39)37(3)75)61(83)73-33-43(31-49(73)59(81)67-47-23-29-85-51-13-9-7-11-45(47)51)65-57(79)41-15-17-42(18-16-41)58(80)66-44-32-50(60(82)68-48-24-30-86-52-14-10-8-12-46(48)52)74(34-44)62(84)54(70-56(78)36(2)64-6)40-21-27-72(28-22-40)38(4)76/h7-18,35-36,39-40,43-44,47-50,53-54,63-64H,19-34H2,1-6H3,(H,65,79)(H,66,80)(H,67,81)(H,68,82)(H,69,77)(H,70,78)/t35-,36-,43-,44-,47+,48+,49-,50-,53-,54-/m0/s1. The molecule has 4 fully saturated rings. The predicted octanol–water partition coefficient (Wildman–Crippen LogP) is 1.07. The normalized spacial score (nSPS) is 23.6. The maximum atomic E-state index is 15.0. The number of hydrogen-bond donors (Lipinski definition) is 8. The molecule has 24 heteroatoms. The van der Waals surface area contributed by atoms with Crippen molar-refractivity contribution >= 4 is 59.1 Å². The van der Waals surface area contributed by atoms with Crippen LogP contribution in [0.3, 0.4) is 0 Å². The summed E-state index contributed by atoms with van der Waals surface area (Å²) in [6.07, 6.45) is 2.82. The number of likely N-dealkylation sites (tertiary alicyclic amines) is 4. The molecular formula is C62H82N12O12. The molecule has 0 spiro atoms. The molecule has 4 saturated heterocycles. The highest BCUT2D eigenvalue weighted by Crippen LogP contribution is 2.35. The molecule has 24 nitrogen and oxygen atoms in total. The van der Waals surface area contributed by atoms with Crippen molar-refractivity contribution < 1.29 is 57.4 Å². The van der Waals surface area contributed by atoms with Crippen molar-refractivity contribution in [1.29, 1.82) is 0 Å². The van der Waals surface area contributed by atoms with Crippen molar-refractivity contribution in [3.8, 4) is 11.5 Å². The van der Waals surface area contributed by atoms with E-state index in [1.807, 2.05) is 48.5 Å². The lowest BCUT2D eigenvalue weighted by atomic mass is 9.88. The summed E-state index contributed by atoms with van der Waals surface area (Å²) in [6.45, 7) is 8.52. The van der Waals surface area contributed by atoms with Crippen molar-refractivity contribution in [3.05, 3.63) is 95.1 Å². The zero-order chi connectivity index (χ0) is 61.3. The number of carbonyl (C=O) groups is 10. The molecule has 86 heavy (non-hydrogen) atoms. The first-order valence-corrected chi connectivity index (χ1v) is 30.2. The van der Waals surface area contributed by atoms with Crippen LogP contribution in [-0.4, -0.2) is 194 Å². The maximum absolute atomic E-state index is 15.0. The highest BCUT2D eigenvalue weighted by Gasteiger charge is 2.48. The first-order valence-electron chi connectivity index (χ1n) is 30.2. The number of ether oxygens (including phenoxy) is 2. The van der Waals surface area contributed by atoms with Gasteiger partial charge in [0.05, 0.1) is 37.4 Å². The first-order chi connectivity index (χ1) is 41.3. The van der Waals surface area contributed by atoms with Crippen LogP contribution in [0.2, 0.25) is 0 Å². The number of hydrogen-bond acceptors (Lipinski definition) is 14. The zero-order valence-corrected chi connectivity index (χ0v) is 49.9. The third-order valence-electron chi connectivity index (χ3n) is 18.1. The summed E-state index contributed by atoms with van der Waals surface area (Å²) in [5, 5.41) is 24.1. The number of fused-ring (bicyclic) bond motifs is 2. The van der Waals surface area contributed by atoms with E-state index in [0.717, 1.165) is 11.1 Å². The first kappa shape index (κ1) is 62.4. The summed E-state index contributed by atoms with van der Waals surface area (Å²) in [6, 6.07) is 13.1. The maximum Gasteiger partial charge on any atom is 0.251 e. The summed E-state index contributed by atoms with van der Waals surface area (Å²) in [4.78, 5) is 146. The van der Waals surface area contributed by atoms with Gasteiger partial charge in [-0.25, -0.2) is 0 Å². The van der Waals surface area contributed by atoms with Crippen molar-refractivity contribution in [2.45, 2.75) is 139 Å². The van der Waals surface area contributed by atoms with Crippen LogP contribution in [0.25, 0.3) is 0 Å². The van der Waals surface area contributed by atoms with E-state index in [1.54, 1.807) is 37.7 Å². The minimum absolute atomic E-state index is 0.0502. The minimum Gasteiger partial charge on any atom is -0.493 e. The predicted molar refractivity (Wildman–Crippen MR) is 315 cm³/mol. The molecule has 0 bridgehead atoms. The largest absolute Gasteiger partial charge is 0.493 e. The summed E-state index contributed by atoms with van der Waals surface area (Å²) in [5.41, 5.74) is 1.97. The lowest BCUT2D eigenvalue weighted by molar-refractivity contribution is -0.144. The molecule has 0 aromatic heterocycles. The molecule has 6 aliphatic rings. The third-order valence-corrected chi connectivity index (χ3v) is 18.1. The lowest BCUT2D eigenvalue weighted by Crippen LogP contribution is -2.59. The summed E-state index contributed by atoms with van der Waals surface area (Å²) in [5.74, 6) is -3.29. The number of para-hydroxylation sites is 2. The Balaban J connectivity index is 0.908. The Bertz CT molecular complexity index is 2820. The smallest absolute Gasteiger partial charge is 0.251 e. The second-order valence-electron chi connectivity index (χ2n) is 23.6. The molecule has 10 atom stereocenters. The quantitative estimate of drug-likeness (QED) is 0.0885. The minimum atomic E-state index is -1.05. The molecule has 10 amide bonds. The van der Waals surface area contributed by atoms with E-state index in [1.165, 1.54) is 47.9 Å². The molecule has 3 aromatic carbocycles.